The lowest BCUT2D eigenvalue weighted by Crippen LogP contribution is -2.46. The molecular weight excluding hydrogens is 334 g/mol. The molecule has 1 heterocycles. The van der Waals surface area contributed by atoms with Crippen molar-refractivity contribution in [3.8, 4) is 0 Å². The van der Waals surface area contributed by atoms with E-state index in [4.69, 9.17) is 11.6 Å². The lowest BCUT2D eigenvalue weighted by atomic mass is 10.1. The van der Waals surface area contributed by atoms with Crippen LogP contribution in [0.3, 0.4) is 0 Å². The van der Waals surface area contributed by atoms with Crippen LogP contribution in [0.5, 0.6) is 0 Å². The van der Waals surface area contributed by atoms with Gasteiger partial charge in [-0.25, -0.2) is 0 Å². The van der Waals surface area contributed by atoms with Crippen LogP contribution in [-0.2, 0) is 0 Å². The second-order valence-electron chi connectivity index (χ2n) is 6.39. The molecule has 25 heavy (non-hydrogen) atoms. The molecule has 0 radical (unpaired) electrons. The van der Waals surface area contributed by atoms with E-state index in [1.807, 2.05) is 12.1 Å². The van der Waals surface area contributed by atoms with Crippen LogP contribution in [0.15, 0.2) is 42.5 Å². The number of halogens is 1. The average molecular weight is 358 g/mol. The smallest absolute Gasteiger partial charge is 0.255 e. The number of carbonyl (C=O) groups excluding carboxylic acids is 1. The molecule has 1 aliphatic heterocycles. The number of likely N-dealkylation sites (N-methyl/N-ethyl adjacent to an activating group) is 1. The van der Waals surface area contributed by atoms with Gasteiger partial charge in [0, 0.05) is 48.1 Å². The summed E-state index contributed by atoms with van der Waals surface area (Å²) in [6.45, 7) is 9.70. The zero-order valence-electron chi connectivity index (χ0n) is 14.8. The largest absolute Gasteiger partial charge is 0.369 e. The Hall–Kier alpha value is -2.04. The van der Waals surface area contributed by atoms with Gasteiger partial charge < -0.3 is 15.1 Å². The van der Waals surface area contributed by atoms with Crippen LogP contribution in [-0.4, -0.2) is 43.5 Å². The number of piperazine rings is 1. The number of nitrogens with one attached hydrogen (secondary N) is 1. The molecule has 0 bridgehead atoms. The van der Waals surface area contributed by atoms with Crippen molar-refractivity contribution in [1.82, 2.24) is 4.90 Å². The molecule has 2 aromatic rings. The summed E-state index contributed by atoms with van der Waals surface area (Å²) < 4.78 is 0. The molecule has 132 valence electrons. The van der Waals surface area contributed by atoms with E-state index in [9.17, 15) is 4.79 Å². The van der Waals surface area contributed by atoms with Crippen molar-refractivity contribution in [1.29, 1.82) is 0 Å². The van der Waals surface area contributed by atoms with Crippen molar-refractivity contribution in [3.05, 3.63) is 58.6 Å². The molecule has 4 nitrogen and oxygen atoms in total. The summed E-state index contributed by atoms with van der Waals surface area (Å²) >= 11 is 5.96. The predicted molar refractivity (Wildman–Crippen MR) is 105 cm³/mol. The molecular formula is C20H24ClN3O. The van der Waals surface area contributed by atoms with E-state index in [0.717, 1.165) is 38.4 Å². The van der Waals surface area contributed by atoms with Gasteiger partial charge in [-0.15, -0.1) is 0 Å². The van der Waals surface area contributed by atoms with Crippen LogP contribution in [0, 0.1) is 6.92 Å². The summed E-state index contributed by atoms with van der Waals surface area (Å²) in [7, 11) is 0. The van der Waals surface area contributed by atoms with E-state index in [1.165, 1.54) is 11.3 Å². The Bertz CT molecular complexity index is 754. The zero-order chi connectivity index (χ0) is 17.8. The van der Waals surface area contributed by atoms with Crippen molar-refractivity contribution in [3.63, 3.8) is 0 Å². The van der Waals surface area contributed by atoms with E-state index in [1.54, 1.807) is 24.3 Å². The topological polar surface area (TPSA) is 35.6 Å². The van der Waals surface area contributed by atoms with Gasteiger partial charge in [0.15, 0.2) is 0 Å². The quantitative estimate of drug-likeness (QED) is 0.896. The molecule has 0 aromatic heterocycles. The van der Waals surface area contributed by atoms with E-state index in [2.05, 4.69) is 35.0 Å². The Balaban J connectivity index is 1.69. The number of anilines is 2. The number of hydrogen-bond acceptors (Lipinski definition) is 3. The van der Waals surface area contributed by atoms with Crippen molar-refractivity contribution in [2.45, 2.75) is 13.8 Å². The Morgan fingerprint density at radius 1 is 1.12 bits per heavy atom. The van der Waals surface area contributed by atoms with Gasteiger partial charge in [-0.2, -0.15) is 0 Å². The van der Waals surface area contributed by atoms with Gasteiger partial charge >= 0.3 is 0 Å². The number of amides is 1. The number of rotatable bonds is 4. The van der Waals surface area contributed by atoms with Crippen molar-refractivity contribution in [2.24, 2.45) is 0 Å². The van der Waals surface area contributed by atoms with Gasteiger partial charge in [0.2, 0.25) is 0 Å². The monoisotopic (exact) mass is 357 g/mol. The number of carbonyl (C=O) groups is 1. The third-order valence-electron chi connectivity index (χ3n) is 4.70. The minimum absolute atomic E-state index is 0.147. The second kappa shape index (κ2) is 7.89. The fourth-order valence-corrected chi connectivity index (χ4v) is 3.42. The first-order chi connectivity index (χ1) is 12.1. The van der Waals surface area contributed by atoms with Gasteiger partial charge in [-0.05, 0) is 55.4 Å². The maximum atomic E-state index is 12.3. The Morgan fingerprint density at radius 2 is 1.88 bits per heavy atom. The second-order valence-corrected chi connectivity index (χ2v) is 6.82. The van der Waals surface area contributed by atoms with Crippen LogP contribution in [0.25, 0.3) is 0 Å². The van der Waals surface area contributed by atoms with E-state index >= 15 is 0 Å². The highest BCUT2D eigenvalue weighted by atomic mass is 35.5. The number of benzene rings is 2. The van der Waals surface area contributed by atoms with Crippen LogP contribution in [0.1, 0.15) is 22.8 Å². The van der Waals surface area contributed by atoms with Crippen LogP contribution >= 0.6 is 11.6 Å². The van der Waals surface area contributed by atoms with Crippen molar-refractivity contribution >= 4 is 28.9 Å². The summed E-state index contributed by atoms with van der Waals surface area (Å²) in [6, 6.07) is 13.1. The Kier molecular flexibility index (Phi) is 5.61. The summed E-state index contributed by atoms with van der Waals surface area (Å²) in [6.07, 6.45) is 0. The molecule has 1 saturated heterocycles. The Labute approximate surface area is 154 Å². The lowest BCUT2D eigenvalue weighted by Gasteiger charge is -2.36. The van der Waals surface area contributed by atoms with Crippen molar-refractivity contribution in [2.75, 3.05) is 42.9 Å². The fraction of sp³-hybridized carbons (Fsp3) is 0.350. The van der Waals surface area contributed by atoms with Crippen LogP contribution < -0.4 is 10.2 Å². The first kappa shape index (κ1) is 17.8. The van der Waals surface area contributed by atoms with Crippen LogP contribution in [0.2, 0.25) is 5.02 Å². The molecule has 0 aliphatic carbocycles. The molecule has 3 rings (SSSR count). The average Bonchev–Trinajstić information content (AvgIpc) is 2.62. The predicted octanol–water partition coefficient (Wildman–Crippen LogP) is 4.04. The van der Waals surface area contributed by atoms with E-state index in [-0.39, 0.29) is 5.91 Å². The maximum Gasteiger partial charge on any atom is 0.255 e. The van der Waals surface area contributed by atoms with Gasteiger partial charge in [0.1, 0.15) is 0 Å². The third-order valence-corrected chi connectivity index (χ3v) is 4.94. The molecule has 0 atom stereocenters. The first-order valence-corrected chi connectivity index (χ1v) is 9.09. The van der Waals surface area contributed by atoms with E-state index in [0.29, 0.717) is 10.6 Å². The van der Waals surface area contributed by atoms with Gasteiger partial charge in [0.05, 0.1) is 0 Å². The van der Waals surface area contributed by atoms with E-state index < -0.39 is 0 Å². The van der Waals surface area contributed by atoms with Gasteiger partial charge in [-0.1, -0.05) is 24.6 Å². The fourth-order valence-electron chi connectivity index (χ4n) is 3.23. The normalized spacial score (nSPS) is 15.2. The molecule has 1 aliphatic rings. The third kappa shape index (κ3) is 4.33. The summed E-state index contributed by atoms with van der Waals surface area (Å²) in [5, 5.41) is 3.51. The number of hydrogen-bond donors (Lipinski definition) is 1. The molecule has 0 unspecified atom stereocenters. The SMILES string of the molecule is CCN1CCN(c2ccc(NC(=O)c3cccc(Cl)c3)cc2C)CC1. The highest BCUT2D eigenvalue weighted by Crippen LogP contribution is 2.25. The first-order valence-electron chi connectivity index (χ1n) is 8.71. The maximum absolute atomic E-state index is 12.3. The molecule has 0 spiro atoms. The molecule has 1 amide bonds. The Morgan fingerprint density at radius 3 is 2.52 bits per heavy atom. The molecule has 2 aromatic carbocycles. The van der Waals surface area contributed by atoms with Crippen LogP contribution in [0.4, 0.5) is 11.4 Å². The number of nitrogens with zero attached hydrogens (tertiary/aromatic N) is 2. The highest BCUT2D eigenvalue weighted by Gasteiger charge is 2.17. The molecule has 1 fully saturated rings. The minimum atomic E-state index is -0.147. The molecule has 1 N–H and O–H groups in total. The van der Waals surface area contributed by atoms with Gasteiger partial charge in [-0.3, -0.25) is 4.79 Å². The standard InChI is InChI=1S/C20H24ClN3O/c1-3-23-9-11-24(12-10-23)19-8-7-18(13-15(19)2)22-20(25)16-5-4-6-17(21)14-16/h4-8,13-14H,3,9-12H2,1-2H3,(H,22,25). The number of aryl methyl sites for hydroxylation is 1. The molecule has 0 saturated carbocycles. The summed E-state index contributed by atoms with van der Waals surface area (Å²) in [4.78, 5) is 17.2. The lowest BCUT2D eigenvalue weighted by molar-refractivity contribution is 0.102. The zero-order valence-corrected chi connectivity index (χ0v) is 15.5. The summed E-state index contributed by atoms with van der Waals surface area (Å²) in [5.41, 5.74) is 3.79. The highest BCUT2D eigenvalue weighted by molar-refractivity contribution is 6.31. The van der Waals surface area contributed by atoms with Crippen molar-refractivity contribution < 1.29 is 4.79 Å². The summed E-state index contributed by atoms with van der Waals surface area (Å²) in [5.74, 6) is -0.147. The molecule has 5 heteroatoms. The minimum Gasteiger partial charge on any atom is -0.369 e. The van der Waals surface area contributed by atoms with Gasteiger partial charge in [0.25, 0.3) is 5.91 Å².